The second kappa shape index (κ2) is 6.78. The van der Waals surface area contributed by atoms with Crippen LogP contribution >= 0.6 is 35.0 Å². The van der Waals surface area contributed by atoms with E-state index in [4.69, 9.17) is 23.2 Å². The number of benzene rings is 1. The van der Waals surface area contributed by atoms with E-state index < -0.39 is 0 Å². The SMILES string of the molecule is Clc1nc(Cl)nc(NCCSc2ccccc2)n1. The summed E-state index contributed by atoms with van der Waals surface area (Å²) in [5.74, 6) is 1.29. The average molecular weight is 301 g/mol. The van der Waals surface area contributed by atoms with Gasteiger partial charge < -0.3 is 5.32 Å². The van der Waals surface area contributed by atoms with E-state index >= 15 is 0 Å². The molecule has 4 nitrogen and oxygen atoms in total. The maximum Gasteiger partial charge on any atom is 0.228 e. The third-order valence-corrected chi connectivity index (χ3v) is 3.33. The van der Waals surface area contributed by atoms with Crippen LogP contribution in [0.25, 0.3) is 0 Å². The molecule has 94 valence electrons. The van der Waals surface area contributed by atoms with Crippen molar-refractivity contribution in [1.29, 1.82) is 0 Å². The summed E-state index contributed by atoms with van der Waals surface area (Å²) in [6.45, 7) is 0.718. The highest BCUT2D eigenvalue weighted by Crippen LogP contribution is 2.16. The molecule has 1 heterocycles. The van der Waals surface area contributed by atoms with E-state index in [2.05, 4.69) is 32.4 Å². The lowest BCUT2D eigenvalue weighted by molar-refractivity contribution is 1.02. The van der Waals surface area contributed by atoms with Crippen molar-refractivity contribution in [3.05, 3.63) is 40.9 Å². The number of hydrogen-bond acceptors (Lipinski definition) is 5. The van der Waals surface area contributed by atoms with Gasteiger partial charge >= 0.3 is 0 Å². The molecule has 0 fully saturated rings. The lowest BCUT2D eigenvalue weighted by atomic mass is 10.4. The molecule has 0 spiro atoms. The molecule has 1 N–H and O–H groups in total. The van der Waals surface area contributed by atoms with Gasteiger partial charge in [-0.05, 0) is 35.3 Å². The molecule has 2 rings (SSSR count). The van der Waals surface area contributed by atoms with E-state index in [1.54, 1.807) is 11.8 Å². The summed E-state index contributed by atoms with van der Waals surface area (Å²) in [5, 5.41) is 3.23. The molecule has 0 radical (unpaired) electrons. The van der Waals surface area contributed by atoms with Crippen molar-refractivity contribution in [2.75, 3.05) is 17.6 Å². The summed E-state index contributed by atoms with van der Waals surface area (Å²) in [5.41, 5.74) is 0. The van der Waals surface area contributed by atoms with E-state index in [1.807, 2.05) is 18.2 Å². The maximum atomic E-state index is 5.67. The van der Waals surface area contributed by atoms with Gasteiger partial charge in [0.15, 0.2) is 0 Å². The number of nitrogens with one attached hydrogen (secondary N) is 1. The summed E-state index contributed by atoms with van der Waals surface area (Å²) in [6.07, 6.45) is 0. The van der Waals surface area contributed by atoms with E-state index in [1.165, 1.54) is 4.90 Å². The van der Waals surface area contributed by atoms with Crippen LogP contribution in [0.5, 0.6) is 0 Å². The number of hydrogen-bond donors (Lipinski definition) is 1. The first-order valence-electron chi connectivity index (χ1n) is 5.23. The number of halogens is 2. The monoisotopic (exact) mass is 300 g/mol. The van der Waals surface area contributed by atoms with Gasteiger partial charge in [0, 0.05) is 17.2 Å². The fourth-order valence-corrected chi connectivity index (χ4v) is 2.41. The second-order valence-electron chi connectivity index (χ2n) is 3.29. The van der Waals surface area contributed by atoms with Gasteiger partial charge in [-0.15, -0.1) is 11.8 Å². The molecule has 0 unspecified atom stereocenters. The van der Waals surface area contributed by atoms with Gasteiger partial charge in [-0.3, -0.25) is 0 Å². The fourth-order valence-electron chi connectivity index (χ4n) is 1.25. The molecule has 0 amide bonds. The summed E-state index contributed by atoms with van der Waals surface area (Å²) in [4.78, 5) is 12.7. The van der Waals surface area contributed by atoms with Crippen molar-refractivity contribution in [3.63, 3.8) is 0 Å². The predicted octanol–water partition coefficient (Wildman–Crippen LogP) is 3.38. The van der Waals surface area contributed by atoms with Crippen molar-refractivity contribution in [2.45, 2.75) is 4.90 Å². The van der Waals surface area contributed by atoms with Crippen molar-refractivity contribution >= 4 is 40.9 Å². The molecule has 2 aromatic rings. The van der Waals surface area contributed by atoms with E-state index in [0.29, 0.717) is 5.95 Å². The molecule has 1 aromatic heterocycles. The molecule has 0 saturated heterocycles. The van der Waals surface area contributed by atoms with E-state index in [9.17, 15) is 0 Å². The van der Waals surface area contributed by atoms with Crippen LogP contribution in [-0.4, -0.2) is 27.2 Å². The maximum absolute atomic E-state index is 5.67. The minimum absolute atomic E-state index is 0.0909. The average Bonchev–Trinajstić information content (AvgIpc) is 2.35. The Labute approximate surface area is 119 Å². The van der Waals surface area contributed by atoms with Gasteiger partial charge in [0.2, 0.25) is 16.5 Å². The Balaban J connectivity index is 1.78. The summed E-state index contributed by atoms with van der Waals surface area (Å²) in [6, 6.07) is 10.2. The molecule has 0 aliphatic rings. The zero-order valence-corrected chi connectivity index (χ0v) is 11.6. The molecular formula is C11H10Cl2N4S. The van der Waals surface area contributed by atoms with Crippen LogP contribution in [0, 0.1) is 0 Å². The summed E-state index contributed by atoms with van der Waals surface area (Å²) >= 11 is 13.1. The first-order valence-corrected chi connectivity index (χ1v) is 6.97. The van der Waals surface area contributed by atoms with Crippen LogP contribution < -0.4 is 5.32 Å². The van der Waals surface area contributed by atoms with Gasteiger partial charge in [0.25, 0.3) is 0 Å². The molecule has 0 atom stereocenters. The Morgan fingerprint density at radius 1 is 1.00 bits per heavy atom. The van der Waals surface area contributed by atoms with Gasteiger partial charge in [-0.25, -0.2) is 0 Å². The van der Waals surface area contributed by atoms with Crippen LogP contribution in [0.3, 0.4) is 0 Å². The number of aromatic nitrogens is 3. The molecule has 0 saturated carbocycles. The number of thioether (sulfide) groups is 1. The first-order chi connectivity index (χ1) is 8.74. The van der Waals surface area contributed by atoms with Crippen molar-refractivity contribution in [1.82, 2.24) is 15.0 Å². The number of anilines is 1. The normalized spacial score (nSPS) is 10.3. The van der Waals surface area contributed by atoms with Crippen molar-refractivity contribution in [3.8, 4) is 0 Å². The molecular weight excluding hydrogens is 291 g/mol. The van der Waals surface area contributed by atoms with Crippen LogP contribution in [-0.2, 0) is 0 Å². The largest absolute Gasteiger partial charge is 0.353 e. The smallest absolute Gasteiger partial charge is 0.228 e. The van der Waals surface area contributed by atoms with Crippen LogP contribution in [0.15, 0.2) is 35.2 Å². The highest BCUT2D eigenvalue weighted by atomic mass is 35.5. The van der Waals surface area contributed by atoms with Gasteiger partial charge in [-0.1, -0.05) is 18.2 Å². The lowest BCUT2D eigenvalue weighted by Crippen LogP contribution is -2.08. The molecule has 18 heavy (non-hydrogen) atoms. The number of nitrogens with zero attached hydrogens (tertiary/aromatic N) is 3. The highest BCUT2D eigenvalue weighted by Gasteiger charge is 2.02. The Kier molecular flexibility index (Phi) is 5.04. The van der Waals surface area contributed by atoms with Crippen molar-refractivity contribution in [2.24, 2.45) is 0 Å². The zero-order chi connectivity index (χ0) is 12.8. The van der Waals surface area contributed by atoms with Crippen LogP contribution in [0.2, 0.25) is 10.6 Å². The van der Waals surface area contributed by atoms with Gasteiger partial charge in [0.1, 0.15) is 0 Å². The highest BCUT2D eigenvalue weighted by molar-refractivity contribution is 7.99. The van der Waals surface area contributed by atoms with Gasteiger partial charge in [-0.2, -0.15) is 15.0 Å². The Morgan fingerprint density at radius 2 is 1.67 bits per heavy atom. The molecule has 0 bridgehead atoms. The van der Waals surface area contributed by atoms with Gasteiger partial charge in [0.05, 0.1) is 0 Å². The Morgan fingerprint density at radius 3 is 2.33 bits per heavy atom. The van der Waals surface area contributed by atoms with Crippen molar-refractivity contribution < 1.29 is 0 Å². The molecule has 1 aromatic carbocycles. The first kappa shape index (κ1) is 13.4. The van der Waals surface area contributed by atoms with E-state index in [-0.39, 0.29) is 10.6 Å². The molecule has 0 aliphatic heterocycles. The quantitative estimate of drug-likeness (QED) is 0.677. The van der Waals surface area contributed by atoms with Crippen LogP contribution in [0.4, 0.5) is 5.95 Å². The van der Waals surface area contributed by atoms with Crippen LogP contribution in [0.1, 0.15) is 0 Å². The minimum Gasteiger partial charge on any atom is -0.353 e. The third kappa shape index (κ3) is 4.33. The summed E-state index contributed by atoms with van der Waals surface area (Å²) < 4.78 is 0. The second-order valence-corrected chi connectivity index (χ2v) is 5.13. The molecule has 7 heteroatoms. The third-order valence-electron chi connectivity index (χ3n) is 1.98. The predicted molar refractivity (Wildman–Crippen MR) is 75.5 cm³/mol. The molecule has 0 aliphatic carbocycles. The fraction of sp³-hybridized carbons (Fsp3) is 0.182. The van der Waals surface area contributed by atoms with E-state index in [0.717, 1.165) is 12.3 Å². The summed E-state index contributed by atoms with van der Waals surface area (Å²) in [7, 11) is 0. The topological polar surface area (TPSA) is 50.7 Å². The standard InChI is InChI=1S/C11H10Cl2N4S/c12-9-15-10(13)17-11(16-9)14-6-7-18-8-4-2-1-3-5-8/h1-5H,6-7H2,(H,14,15,16,17). The number of rotatable bonds is 5. The zero-order valence-electron chi connectivity index (χ0n) is 9.31. The minimum atomic E-state index is 0.0909. The Hall–Kier alpha value is -1.04. The Bertz CT molecular complexity index is 489. The lowest BCUT2D eigenvalue weighted by Gasteiger charge is -2.04.